The van der Waals surface area contributed by atoms with E-state index in [2.05, 4.69) is 11.4 Å². The summed E-state index contributed by atoms with van der Waals surface area (Å²) in [6, 6.07) is 18.8. The Bertz CT molecular complexity index is 1430. The van der Waals surface area contributed by atoms with Gasteiger partial charge in [0.1, 0.15) is 23.5 Å². The fraction of sp³-hybridized carbons (Fsp3) is 0.241. The van der Waals surface area contributed by atoms with E-state index in [4.69, 9.17) is 19.6 Å². The molecule has 4 rings (SSSR count). The molecule has 0 saturated heterocycles. The minimum absolute atomic E-state index is 0.141. The molecule has 0 spiro atoms. The van der Waals surface area contributed by atoms with Gasteiger partial charge in [-0.25, -0.2) is 4.79 Å². The number of hydrogen-bond donors (Lipinski definition) is 3. The molecule has 8 heteroatoms. The lowest BCUT2D eigenvalue weighted by atomic mass is 10.0. The van der Waals surface area contributed by atoms with Crippen LogP contribution in [0.25, 0.3) is 22.1 Å². The summed E-state index contributed by atoms with van der Waals surface area (Å²) in [7, 11) is 0. The first-order chi connectivity index (χ1) is 17.6. The molecule has 37 heavy (non-hydrogen) atoms. The molecule has 0 atom stereocenters. The molecule has 1 amide bonds. The Kier molecular flexibility index (Phi) is 7.50. The van der Waals surface area contributed by atoms with Crippen molar-refractivity contribution >= 4 is 28.7 Å². The van der Waals surface area contributed by atoms with Crippen LogP contribution in [0.4, 0.5) is 10.5 Å². The van der Waals surface area contributed by atoms with Crippen LogP contribution in [0, 0.1) is 0 Å². The second-order valence-electron chi connectivity index (χ2n) is 9.68. The second-order valence-corrected chi connectivity index (χ2v) is 9.68. The van der Waals surface area contributed by atoms with Crippen LogP contribution in [0.1, 0.15) is 37.5 Å². The number of rotatable bonds is 8. The van der Waals surface area contributed by atoms with Gasteiger partial charge < -0.3 is 24.7 Å². The van der Waals surface area contributed by atoms with Gasteiger partial charge in [0.25, 0.3) is 0 Å². The van der Waals surface area contributed by atoms with Crippen molar-refractivity contribution in [1.82, 2.24) is 0 Å². The number of nitrogens with one attached hydrogen (secondary N) is 1. The molecular weight excluding hydrogens is 472 g/mol. The van der Waals surface area contributed by atoms with Crippen LogP contribution in [-0.4, -0.2) is 22.8 Å². The van der Waals surface area contributed by atoms with E-state index in [0.717, 1.165) is 27.6 Å². The highest BCUT2D eigenvalue weighted by Crippen LogP contribution is 2.31. The van der Waals surface area contributed by atoms with Crippen molar-refractivity contribution in [3.63, 3.8) is 0 Å². The zero-order valence-electron chi connectivity index (χ0n) is 21.0. The van der Waals surface area contributed by atoms with Crippen LogP contribution >= 0.6 is 0 Å². The summed E-state index contributed by atoms with van der Waals surface area (Å²) < 4.78 is 17.1. The molecular formula is C29H30N2O6. The number of carboxylic acids is 1. The van der Waals surface area contributed by atoms with E-state index < -0.39 is 17.7 Å². The zero-order valence-corrected chi connectivity index (χ0v) is 21.0. The fourth-order valence-electron chi connectivity index (χ4n) is 3.90. The minimum atomic E-state index is -0.990. The number of amides is 1. The van der Waals surface area contributed by atoms with Crippen molar-refractivity contribution in [2.75, 3.05) is 5.32 Å². The number of carbonyl (C=O) groups excluding carboxylic acids is 1. The maximum absolute atomic E-state index is 12.2. The van der Waals surface area contributed by atoms with Crippen molar-refractivity contribution < 1.29 is 28.6 Å². The van der Waals surface area contributed by atoms with Crippen LogP contribution in [0.2, 0.25) is 0 Å². The molecule has 0 fully saturated rings. The van der Waals surface area contributed by atoms with E-state index in [1.165, 1.54) is 0 Å². The van der Waals surface area contributed by atoms with Crippen LogP contribution in [0.3, 0.4) is 0 Å². The van der Waals surface area contributed by atoms with Crippen LogP contribution < -0.4 is 15.8 Å². The first-order valence-corrected chi connectivity index (χ1v) is 11.9. The highest BCUT2D eigenvalue weighted by atomic mass is 16.6. The highest BCUT2D eigenvalue weighted by Gasteiger charge is 2.18. The lowest BCUT2D eigenvalue weighted by Crippen LogP contribution is -2.27. The molecule has 8 nitrogen and oxygen atoms in total. The van der Waals surface area contributed by atoms with Gasteiger partial charge in [-0.1, -0.05) is 30.3 Å². The largest absolute Gasteiger partial charge is 0.488 e. The Hall–Kier alpha value is -4.30. The maximum atomic E-state index is 12.2. The summed E-state index contributed by atoms with van der Waals surface area (Å²) in [5.74, 6) is -0.645. The molecule has 0 bridgehead atoms. The first kappa shape index (κ1) is 25.8. The lowest BCUT2D eigenvalue weighted by molar-refractivity contribution is -0.136. The van der Waals surface area contributed by atoms with E-state index in [0.29, 0.717) is 29.1 Å². The Morgan fingerprint density at radius 3 is 2.51 bits per heavy atom. The molecule has 192 valence electrons. The van der Waals surface area contributed by atoms with Gasteiger partial charge in [0, 0.05) is 34.8 Å². The SMILES string of the molecule is CC(C)(C)OC(=O)Nc1ccc(CC(=O)O)c(OCc2coc3ccc(-c4cccc(CN)c4)cc23)c1. The van der Waals surface area contributed by atoms with Gasteiger partial charge in [-0.05, 0) is 61.7 Å². The highest BCUT2D eigenvalue weighted by molar-refractivity contribution is 5.87. The zero-order chi connectivity index (χ0) is 26.6. The average molecular weight is 503 g/mol. The number of hydrogen-bond acceptors (Lipinski definition) is 6. The summed E-state index contributed by atoms with van der Waals surface area (Å²) in [6.45, 7) is 5.91. The number of carbonyl (C=O) groups is 2. The van der Waals surface area contributed by atoms with Gasteiger partial charge in [0.2, 0.25) is 0 Å². The predicted octanol–water partition coefficient (Wildman–Crippen LogP) is 6.11. The van der Waals surface area contributed by atoms with Crippen LogP contribution in [-0.2, 0) is 29.1 Å². The smallest absolute Gasteiger partial charge is 0.412 e. The number of anilines is 1. The molecule has 0 aliphatic carbocycles. The quantitative estimate of drug-likeness (QED) is 0.265. The normalized spacial score (nSPS) is 11.4. The summed E-state index contributed by atoms with van der Waals surface area (Å²) in [5.41, 5.74) is 10.7. The number of nitrogens with two attached hydrogens (primary N) is 1. The van der Waals surface area contributed by atoms with Crippen molar-refractivity contribution in [2.24, 2.45) is 5.73 Å². The monoisotopic (exact) mass is 502 g/mol. The second kappa shape index (κ2) is 10.8. The maximum Gasteiger partial charge on any atom is 0.412 e. The van der Waals surface area contributed by atoms with E-state index in [1.54, 1.807) is 45.2 Å². The van der Waals surface area contributed by atoms with E-state index >= 15 is 0 Å². The van der Waals surface area contributed by atoms with Crippen molar-refractivity contribution in [2.45, 2.75) is 45.9 Å². The summed E-state index contributed by atoms with van der Waals surface area (Å²) in [6.07, 6.45) is 0.789. The number of ether oxygens (including phenoxy) is 2. The number of carboxylic acid groups (broad SMARTS) is 1. The first-order valence-electron chi connectivity index (χ1n) is 11.9. The third kappa shape index (κ3) is 6.68. The number of benzene rings is 3. The van der Waals surface area contributed by atoms with Gasteiger partial charge >= 0.3 is 12.1 Å². The number of furan rings is 1. The summed E-state index contributed by atoms with van der Waals surface area (Å²) >= 11 is 0. The Labute approximate surface area is 215 Å². The fourth-order valence-corrected chi connectivity index (χ4v) is 3.90. The molecule has 4 aromatic rings. The van der Waals surface area contributed by atoms with Gasteiger partial charge in [0.15, 0.2) is 0 Å². The molecule has 0 radical (unpaired) electrons. The molecule has 0 unspecified atom stereocenters. The van der Waals surface area contributed by atoms with E-state index in [-0.39, 0.29) is 13.0 Å². The van der Waals surface area contributed by atoms with E-state index in [9.17, 15) is 14.7 Å². The van der Waals surface area contributed by atoms with Gasteiger partial charge in [-0.15, -0.1) is 0 Å². The summed E-state index contributed by atoms with van der Waals surface area (Å²) in [5, 5.41) is 12.9. The topological polar surface area (TPSA) is 124 Å². The van der Waals surface area contributed by atoms with E-state index in [1.807, 2.05) is 36.4 Å². The number of fused-ring (bicyclic) bond motifs is 1. The van der Waals surface area contributed by atoms with Gasteiger partial charge in [0.05, 0.1) is 12.7 Å². The van der Waals surface area contributed by atoms with Crippen molar-refractivity contribution in [3.8, 4) is 16.9 Å². The molecule has 4 N–H and O–H groups in total. The Morgan fingerprint density at radius 2 is 1.78 bits per heavy atom. The van der Waals surface area contributed by atoms with Crippen LogP contribution in [0.5, 0.6) is 5.75 Å². The Balaban J connectivity index is 1.58. The molecule has 0 saturated carbocycles. The average Bonchev–Trinajstić information content (AvgIpc) is 3.24. The minimum Gasteiger partial charge on any atom is -0.488 e. The number of aliphatic carboxylic acids is 1. The lowest BCUT2D eigenvalue weighted by Gasteiger charge is -2.20. The molecule has 0 aliphatic rings. The van der Waals surface area contributed by atoms with Crippen LogP contribution in [0.15, 0.2) is 71.3 Å². The molecule has 1 aromatic heterocycles. The molecule has 1 heterocycles. The third-order valence-electron chi connectivity index (χ3n) is 5.59. The van der Waals surface area contributed by atoms with Gasteiger partial charge in [-0.2, -0.15) is 0 Å². The van der Waals surface area contributed by atoms with Crippen molar-refractivity contribution in [1.29, 1.82) is 0 Å². The predicted molar refractivity (Wildman–Crippen MR) is 142 cm³/mol. The summed E-state index contributed by atoms with van der Waals surface area (Å²) in [4.78, 5) is 23.6. The molecule has 3 aromatic carbocycles. The standard InChI is InChI=1S/C29H30N2O6/c1-29(2,3)37-28(34)31-23-9-7-21(13-27(32)33)26(14-23)36-17-22-16-35-25-10-8-20(12-24(22)25)19-6-4-5-18(11-19)15-30/h4-12,14,16H,13,15,17,30H2,1-3H3,(H,31,34)(H,32,33). The van der Waals surface area contributed by atoms with Gasteiger partial charge in [-0.3, -0.25) is 10.1 Å². The third-order valence-corrected chi connectivity index (χ3v) is 5.59. The Morgan fingerprint density at radius 1 is 1.00 bits per heavy atom. The molecule has 0 aliphatic heterocycles. The van der Waals surface area contributed by atoms with Crippen molar-refractivity contribution in [3.05, 3.63) is 83.6 Å².